The predicted molar refractivity (Wildman–Crippen MR) is 157 cm³/mol. The number of phosphoric ester groups is 1. The molecule has 1 aliphatic carbocycles. The molecule has 1 aliphatic rings. The van der Waals surface area contributed by atoms with Gasteiger partial charge in [0.25, 0.3) is 0 Å². The van der Waals surface area contributed by atoms with Crippen LogP contribution in [0.2, 0.25) is 0 Å². The normalized spacial score (nSPS) is 26.0. The molecule has 0 heterocycles. The maximum atomic E-state index is 12.4. The summed E-state index contributed by atoms with van der Waals surface area (Å²) < 4.78 is 32.1. The minimum absolute atomic E-state index is 0.0979. The summed E-state index contributed by atoms with van der Waals surface area (Å²) >= 11 is 0. The number of ether oxygens (including phenoxy) is 2. The number of esters is 2. The van der Waals surface area contributed by atoms with Gasteiger partial charge in [-0.3, -0.25) is 18.6 Å². The molecule has 1 rings (SSSR count). The van der Waals surface area contributed by atoms with E-state index in [0.29, 0.717) is 6.42 Å². The number of aliphatic hydroxyl groups excluding tert-OH is 5. The lowest BCUT2D eigenvalue weighted by molar-refractivity contribution is -0.220. The number of rotatable bonds is 24. The lowest BCUT2D eigenvalue weighted by atomic mass is 9.85. The van der Waals surface area contributed by atoms with Crippen LogP contribution in [0.25, 0.3) is 0 Å². The second-order valence-corrected chi connectivity index (χ2v) is 12.8. The Balaban J connectivity index is 2.31. The number of carbonyl (C=O) groups is 2. The first-order chi connectivity index (χ1) is 20.4. The molecule has 1 fully saturated rings. The van der Waals surface area contributed by atoms with Crippen molar-refractivity contribution in [3.8, 4) is 0 Å². The van der Waals surface area contributed by atoms with Crippen LogP contribution in [0.3, 0.4) is 0 Å². The van der Waals surface area contributed by atoms with Gasteiger partial charge in [-0.25, -0.2) is 4.57 Å². The van der Waals surface area contributed by atoms with Crippen molar-refractivity contribution >= 4 is 19.8 Å². The van der Waals surface area contributed by atoms with Crippen molar-refractivity contribution in [3.05, 3.63) is 0 Å². The Morgan fingerprint density at radius 3 is 1.53 bits per heavy atom. The number of hydrogen-bond donors (Lipinski definition) is 6. The van der Waals surface area contributed by atoms with Crippen LogP contribution in [0.5, 0.6) is 0 Å². The monoisotopic (exact) mass is 642 g/mol. The summed E-state index contributed by atoms with van der Waals surface area (Å²) in [7, 11) is -5.06. The van der Waals surface area contributed by atoms with E-state index >= 15 is 0 Å². The summed E-state index contributed by atoms with van der Waals surface area (Å²) in [4.78, 5) is 33.6. The standard InChI is InChI=1S/C29H55O13P/c1-3-4-5-6-7-8-9-10-11-12-13-14-15-16-17-18-23(31)41-22(19-39-21(2)30)20-40-43(37,38)42-29-27(35)25(33)24(32)26(34)28(29)36/h22,24-29,32-36H,3-20H2,1-2H3,(H,37,38). The molecule has 43 heavy (non-hydrogen) atoms. The highest BCUT2D eigenvalue weighted by atomic mass is 31.2. The largest absolute Gasteiger partial charge is 0.472 e. The molecule has 254 valence electrons. The van der Waals surface area contributed by atoms with Gasteiger partial charge >= 0.3 is 19.8 Å². The van der Waals surface area contributed by atoms with Crippen LogP contribution in [0.15, 0.2) is 0 Å². The first-order valence-electron chi connectivity index (χ1n) is 15.8. The van der Waals surface area contributed by atoms with Crippen molar-refractivity contribution in [2.75, 3.05) is 13.2 Å². The fourth-order valence-electron chi connectivity index (χ4n) is 4.89. The van der Waals surface area contributed by atoms with Crippen molar-refractivity contribution in [1.29, 1.82) is 0 Å². The van der Waals surface area contributed by atoms with Gasteiger partial charge in [0.15, 0.2) is 6.10 Å². The lowest BCUT2D eigenvalue weighted by Gasteiger charge is -2.41. The van der Waals surface area contributed by atoms with Gasteiger partial charge < -0.3 is 39.9 Å². The van der Waals surface area contributed by atoms with E-state index < -0.39 is 75.7 Å². The molecular weight excluding hydrogens is 587 g/mol. The van der Waals surface area contributed by atoms with Gasteiger partial charge in [0.05, 0.1) is 6.61 Å². The highest BCUT2D eigenvalue weighted by Crippen LogP contribution is 2.47. The molecule has 0 spiro atoms. The first-order valence-corrected chi connectivity index (χ1v) is 17.3. The first kappa shape index (κ1) is 39.9. The zero-order valence-corrected chi connectivity index (χ0v) is 26.7. The molecule has 0 radical (unpaired) electrons. The number of unbranched alkanes of at least 4 members (excludes halogenated alkanes) is 14. The maximum Gasteiger partial charge on any atom is 0.472 e. The summed E-state index contributed by atoms with van der Waals surface area (Å²) in [6.07, 6.45) is 4.72. The van der Waals surface area contributed by atoms with Crippen molar-refractivity contribution < 1.29 is 63.1 Å². The third kappa shape index (κ3) is 17.2. The fraction of sp³-hybridized carbons (Fsp3) is 0.931. The third-order valence-corrected chi connectivity index (χ3v) is 8.49. The molecule has 6 atom stereocenters. The average molecular weight is 643 g/mol. The smallest absolute Gasteiger partial charge is 0.462 e. The SMILES string of the molecule is CCCCCCCCCCCCCCCCCC(=O)OC(COC(C)=O)COP(=O)(O)OC1C(O)C(O)C(O)C(O)C1O. The molecule has 0 amide bonds. The van der Waals surface area contributed by atoms with E-state index in [1.165, 1.54) is 70.6 Å². The summed E-state index contributed by atoms with van der Waals surface area (Å²) in [6, 6.07) is 0. The van der Waals surface area contributed by atoms with Crippen LogP contribution in [0.1, 0.15) is 117 Å². The number of aliphatic hydroxyl groups is 5. The number of carbonyl (C=O) groups excluding carboxylic acids is 2. The van der Waals surface area contributed by atoms with Crippen LogP contribution in [0.4, 0.5) is 0 Å². The second kappa shape index (κ2) is 22.4. The summed E-state index contributed by atoms with van der Waals surface area (Å²) in [5.41, 5.74) is 0. The Labute approximate surface area is 255 Å². The Morgan fingerprint density at radius 2 is 1.09 bits per heavy atom. The summed E-state index contributed by atoms with van der Waals surface area (Å²) in [5.74, 6) is -1.29. The van der Waals surface area contributed by atoms with Crippen LogP contribution in [0, 0.1) is 0 Å². The number of phosphoric acid groups is 1. The Hall–Kier alpha value is -1.15. The van der Waals surface area contributed by atoms with E-state index in [4.69, 9.17) is 18.5 Å². The van der Waals surface area contributed by atoms with E-state index in [9.17, 15) is 44.6 Å². The van der Waals surface area contributed by atoms with Crippen molar-refractivity contribution in [3.63, 3.8) is 0 Å². The van der Waals surface area contributed by atoms with Crippen LogP contribution in [-0.4, -0.2) is 98.3 Å². The highest BCUT2D eigenvalue weighted by molar-refractivity contribution is 7.47. The second-order valence-electron chi connectivity index (χ2n) is 11.4. The molecule has 0 aromatic carbocycles. The molecule has 1 saturated carbocycles. The minimum Gasteiger partial charge on any atom is -0.462 e. The Morgan fingerprint density at radius 1 is 0.674 bits per heavy atom. The van der Waals surface area contributed by atoms with Crippen LogP contribution < -0.4 is 0 Å². The lowest BCUT2D eigenvalue weighted by Crippen LogP contribution is -2.64. The summed E-state index contributed by atoms with van der Waals surface area (Å²) in [5, 5.41) is 49.2. The Kier molecular flexibility index (Phi) is 20.7. The molecule has 6 unspecified atom stereocenters. The third-order valence-electron chi connectivity index (χ3n) is 7.51. The molecule has 6 N–H and O–H groups in total. The van der Waals surface area contributed by atoms with Crippen molar-refractivity contribution in [1.82, 2.24) is 0 Å². The average Bonchev–Trinajstić information content (AvgIpc) is 2.96. The van der Waals surface area contributed by atoms with E-state index in [-0.39, 0.29) is 6.42 Å². The van der Waals surface area contributed by atoms with Gasteiger partial charge in [0.1, 0.15) is 43.2 Å². The molecule has 0 aliphatic heterocycles. The van der Waals surface area contributed by atoms with Gasteiger partial charge in [-0.2, -0.15) is 0 Å². The molecule has 0 bridgehead atoms. The van der Waals surface area contributed by atoms with E-state index in [2.05, 4.69) is 6.92 Å². The Bertz CT molecular complexity index is 797. The van der Waals surface area contributed by atoms with E-state index in [1.54, 1.807) is 0 Å². The molecule has 0 aromatic heterocycles. The minimum atomic E-state index is -5.06. The fourth-order valence-corrected chi connectivity index (χ4v) is 5.87. The van der Waals surface area contributed by atoms with Gasteiger partial charge in [-0.1, -0.05) is 96.8 Å². The molecule has 0 aromatic rings. The zero-order valence-electron chi connectivity index (χ0n) is 25.8. The summed E-state index contributed by atoms with van der Waals surface area (Å²) in [6.45, 7) is 2.16. The van der Waals surface area contributed by atoms with Crippen molar-refractivity contribution in [2.45, 2.75) is 159 Å². The van der Waals surface area contributed by atoms with Crippen LogP contribution >= 0.6 is 7.82 Å². The topological polar surface area (TPSA) is 210 Å². The van der Waals surface area contributed by atoms with Gasteiger partial charge in [-0.15, -0.1) is 0 Å². The number of hydrogen-bond acceptors (Lipinski definition) is 12. The predicted octanol–water partition coefficient (Wildman–Crippen LogP) is 3.04. The molecule has 13 nitrogen and oxygen atoms in total. The van der Waals surface area contributed by atoms with Crippen molar-refractivity contribution in [2.24, 2.45) is 0 Å². The van der Waals surface area contributed by atoms with E-state index in [0.717, 1.165) is 26.2 Å². The molecule has 0 saturated heterocycles. The highest BCUT2D eigenvalue weighted by Gasteiger charge is 2.51. The van der Waals surface area contributed by atoms with Crippen LogP contribution in [-0.2, 0) is 32.7 Å². The quantitative estimate of drug-likeness (QED) is 0.0509. The molecular formula is C29H55O13P. The van der Waals surface area contributed by atoms with Gasteiger partial charge in [0, 0.05) is 13.3 Å². The van der Waals surface area contributed by atoms with Gasteiger partial charge in [0.2, 0.25) is 0 Å². The zero-order chi connectivity index (χ0) is 32.3. The van der Waals surface area contributed by atoms with Gasteiger partial charge in [-0.05, 0) is 6.42 Å². The maximum absolute atomic E-state index is 12.4. The van der Waals surface area contributed by atoms with E-state index in [1.807, 2.05) is 0 Å². The molecule has 14 heteroatoms.